The van der Waals surface area contributed by atoms with Crippen LogP contribution in [0.4, 0.5) is 4.79 Å². The molecule has 26 heavy (non-hydrogen) atoms. The van der Waals surface area contributed by atoms with E-state index in [-0.39, 0.29) is 6.03 Å². The molecule has 1 saturated heterocycles. The van der Waals surface area contributed by atoms with Crippen molar-refractivity contribution in [2.75, 3.05) is 32.8 Å². The van der Waals surface area contributed by atoms with E-state index in [1.54, 1.807) is 0 Å². The molecule has 3 rings (SSSR count). The Hall–Kier alpha value is -1.75. The van der Waals surface area contributed by atoms with Crippen LogP contribution in [-0.2, 0) is 6.54 Å². The van der Waals surface area contributed by atoms with Crippen molar-refractivity contribution in [3.05, 3.63) is 29.8 Å². The number of amides is 2. The number of carbonyl (C=O) groups excluding carboxylic acids is 1. The van der Waals surface area contributed by atoms with Gasteiger partial charge in [0.2, 0.25) is 0 Å². The molecule has 0 aromatic heterocycles. The van der Waals surface area contributed by atoms with Crippen LogP contribution in [-0.4, -0.2) is 54.7 Å². The molecule has 0 radical (unpaired) electrons. The highest BCUT2D eigenvalue weighted by Crippen LogP contribution is 2.18. The quantitative estimate of drug-likeness (QED) is 0.756. The maximum atomic E-state index is 12.3. The molecule has 2 aliphatic rings. The summed E-state index contributed by atoms with van der Waals surface area (Å²) in [6.45, 7) is 7.41. The van der Waals surface area contributed by atoms with E-state index in [1.165, 1.54) is 18.4 Å². The van der Waals surface area contributed by atoms with Crippen molar-refractivity contribution in [3.8, 4) is 5.75 Å². The number of rotatable bonds is 7. The van der Waals surface area contributed by atoms with Gasteiger partial charge < -0.3 is 15.0 Å². The first-order chi connectivity index (χ1) is 12.7. The Labute approximate surface area is 157 Å². The number of piperazine rings is 1. The third-order valence-electron chi connectivity index (χ3n) is 5.44. The fourth-order valence-electron chi connectivity index (χ4n) is 3.73. The molecular weight excluding hydrogens is 326 g/mol. The van der Waals surface area contributed by atoms with Gasteiger partial charge in [0.25, 0.3) is 0 Å². The summed E-state index contributed by atoms with van der Waals surface area (Å²) < 4.78 is 5.72. The van der Waals surface area contributed by atoms with Gasteiger partial charge in [-0.2, -0.15) is 0 Å². The van der Waals surface area contributed by atoms with E-state index in [9.17, 15) is 4.79 Å². The van der Waals surface area contributed by atoms with Crippen molar-refractivity contribution in [1.29, 1.82) is 0 Å². The number of urea groups is 1. The van der Waals surface area contributed by atoms with E-state index in [2.05, 4.69) is 41.4 Å². The molecule has 1 aliphatic heterocycles. The van der Waals surface area contributed by atoms with Crippen LogP contribution in [0.5, 0.6) is 5.75 Å². The molecule has 0 bridgehead atoms. The number of ether oxygens (including phenoxy) is 1. The summed E-state index contributed by atoms with van der Waals surface area (Å²) in [5.74, 6) is 0.954. The highest BCUT2D eigenvalue weighted by Gasteiger charge is 2.24. The Morgan fingerprint density at radius 2 is 1.81 bits per heavy atom. The number of nitrogens with zero attached hydrogens (tertiary/aromatic N) is 2. The van der Waals surface area contributed by atoms with Gasteiger partial charge in [-0.15, -0.1) is 0 Å². The van der Waals surface area contributed by atoms with Gasteiger partial charge in [-0.05, 0) is 37.0 Å². The Kier molecular flexibility index (Phi) is 7.18. The summed E-state index contributed by atoms with van der Waals surface area (Å²) in [5, 5.41) is 3.19. The van der Waals surface area contributed by atoms with Crippen molar-refractivity contribution >= 4 is 6.03 Å². The molecule has 1 aromatic rings. The van der Waals surface area contributed by atoms with Crippen molar-refractivity contribution in [2.45, 2.75) is 58.0 Å². The predicted molar refractivity (Wildman–Crippen MR) is 104 cm³/mol. The van der Waals surface area contributed by atoms with Crippen LogP contribution in [0, 0.1) is 0 Å². The monoisotopic (exact) mass is 359 g/mol. The Morgan fingerprint density at radius 3 is 2.46 bits per heavy atom. The molecular formula is C21H33N3O2. The topological polar surface area (TPSA) is 44.8 Å². The van der Waals surface area contributed by atoms with Crippen LogP contribution in [0.2, 0.25) is 0 Å². The van der Waals surface area contributed by atoms with Gasteiger partial charge in [-0.3, -0.25) is 4.90 Å². The lowest BCUT2D eigenvalue weighted by molar-refractivity contribution is 0.133. The second kappa shape index (κ2) is 9.81. The molecule has 5 nitrogen and oxygen atoms in total. The molecule has 1 aliphatic carbocycles. The third kappa shape index (κ3) is 5.63. The van der Waals surface area contributed by atoms with Gasteiger partial charge in [0.1, 0.15) is 5.75 Å². The molecule has 144 valence electrons. The van der Waals surface area contributed by atoms with Crippen LogP contribution in [0.3, 0.4) is 0 Å². The Balaban J connectivity index is 1.38. The first kappa shape index (κ1) is 19.0. The predicted octanol–water partition coefficient (Wildman–Crippen LogP) is 3.64. The summed E-state index contributed by atoms with van der Waals surface area (Å²) in [6.07, 6.45) is 7.04. The van der Waals surface area contributed by atoms with Crippen LogP contribution < -0.4 is 10.1 Å². The minimum absolute atomic E-state index is 0.130. The summed E-state index contributed by atoms with van der Waals surface area (Å²) in [6, 6.07) is 8.97. The van der Waals surface area contributed by atoms with Gasteiger partial charge >= 0.3 is 6.03 Å². The second-order valence-electron chi connectivity index (χ2n) is 7.54. The normalized spacial score (nSPS) is 18.9. The third-order valence-corrected chi connectivity index (χ3v) is 5.44. The van der Waals surface area contributed by atoms with Gasteiger partial charge in [-0.25, -0.2) is 4.79 Å². The summed E-state index contributed by atoms with van der Waals surface area (Å²) in [7, 11) is 0. The lowest BCUT2D eigenvalue weighted by Gasteiger charge is -2.35. The number of unbranched alkanes of at least 4 members (excludes halogenated alkanes) is 1. The minimum atomic E-state index is 0.130. The highest BCUT2D eigenvalue weighted by atomic mass is 16.5. The standard InChI is InChI=1S/C21H33N3O2/c1-2-3-16-26-20-10-8-18(9-11-20)17-23-12-14-24(15-13-23)21(25)22-19-6-4-5-7-19/h8-11,19H,2-7,12-17H2,1H3,(H,22,25). The van der Waals surface area contributed by atoms with Gasteiger partial charge in [0.05, 0.1) is 6.61 Å². The molecule has 1 saturated carbocycles. The van der Waals surface area contributed by atoms with Crippen molar-refractivity contribution < 1.29 is 9.53 Å². The summed E-state index contributed by atoms with van der Waals surface area (Å²) >= 11 is 0. The zero-order valence-corrected chi connectivity index (χ0v) is 16.1. The Bertz CT molecular complexity index is 547. The lowest BCUT2D eigenvalue weighted by Crippen LogP contribution is -2.52. The maximum absolute atomic E-state index is 12.3. The minimum Gasteiger partial charge on any atom is -0.494 e. The first-order valence-corrected chi connectivity index (χ1v) is 10.2. The van der Waals surface area contributed by atoms with E-state index in [4.69, 9.17) is 4.74 Å². The molecule has 1 N–H and O–H groups in total. The molecule has 1 aromatic carbocycles. The zero-order valence-electron chi connectivity index (χ0n) is 16.1. The second-order valence-corrected chi connectivity index (χ2v) is 7.54. The van der Waals surface area contributed by atoms with E-state index < -0.39 is 0 Å². The van der Waals surface area contributed by atoms with E-state index in [1.807, 2.05) is 4.90 Å². The van der Waals surface area contributed by atoms with E-state index in [0.717, 1.165) is 70.8 Å². The maximum Gasteiger partial charge on any atom is 0.317 e. The number of benzene rings is 1. The molecule has 0 spiro atoms. The number of hydrogen-bond acceptors (Lipinski definition) is 3. The highest BCUT2D eigenvalue weighted by molar-refractivity contribution is 5.74. The Morgan fingerprint density at radius 1 is 1.12 bits per heavy atom. The fraction of sp³-hybridized carbons (Fsp3) is 0.667. The zero-order chi connectivity index (χ0) is 18.2. The van der Waals surface area contributed by atoms with Crippen molar-refractivity contribution in [3.63, 3.8) is 0 Å². The molecule has 5 heteroatoms. The van der Waals surface area contributed by atoms with E-state index >= 15 is 0 Å². The summed E-state index contributed by atoms with van der Waals surface area (Å²) in [4.78, 5) is 16.7. The van der Waals surface area contributed by atoms with Crippen molar-refractivity contribution in [2.24, 2.45) is 0 Å². The average molecular weight is 360 g/mol. The average Bonchev–Trinajstić information content (AvgIpc) is 3.17. The smallest absolute Gasteiger partial charge is 0.317 e. The first-order valence-electron chi connectivity index (χ1n) is 10.2. The van der Waals surface area contributed by atoms with Gasteiger partial charge in [0, 0.05) is 38.8 Å². The summed E-state index contributed by atoms with van der Waals surface area (Å²) in [5.41, 5.74) is 1.30. The molecule has 2 fully saturated rings. The van der Waals surface area contributed by atoms with Crippen LogP contribution in [0.15, 0.2) is 24.3 Å². The van der Waals surface area contributed by atoms with Gasteiger partial charge in [0.15, 0.2) is 0 Å². The number of nitrogens with one attached hydrogen (secondary N) is 1. The van der Waals surface area contributed by atoms with Crippen molar-refractivity contribution in [1.82, 2.24) is 15.1 Å². The van der Waals surface area contributed by atoms with Gasteiger partial charge in [-0.1, -0.05) is 38.3 Å². The van der Waals surface area contributed by atoms with E-state index in [0.29, 0.717) is 6.04 Å². The fourth-order valence-corrected chi connectivity index (χ4v) is 3.73. The number of hydrogen-bond donors (Lipinski definition) is 1. The molecule has 2 amide bonds. The van der Waals surface area contributed by atoms with Crippen LogP contribution in [0.1, 0.15) is 51.0 Å². The van der Waals surface area contributed by atoms with Crippen LogP contribution >= 0.6 is 0 Å². The lowest BCUT2D eigenvalue weighted by atomic mass is 10.2. The molecule has 1 heterocycles. The molecule has 0 atom stereocenters. The largest absolute Gasteiger partial charge is 0.494 e. The van der Waals surface area contributed by atoms with Crippen LogP contribution in [0.25, 0.3) is 0 Å². The molecule has 0 unspecified atom stereocenters. The number of carbonyl (C=O) groups is 1. The SMILES string of the molecule is CCCCOc1ccc(CN2CCN(C(=O)NC3CCCC3)CC2)cc1.